The fraction of sp³-hybridized carbons (Fsp3) is 0.545. The number of hydrogen-bond donors (Lipinski definition) is 2. The Kier molecular flexibility index (Phi) is 5.87. The minimum Gasteiger partial charge on any atom is -0.389 e. The van der Waals surface area contributed by atoms with Crippen LogP contribution in [0.15, 0.2) is 5.38 Å². The number of aromatic nitrogens is 1. The van der Waals surface area contributed by atoms with Gasteiger partial charge in [-0.05, 0) is 0 Å². The lowest BCUT2D eigenvalue weighted by Crippen LogP contribution is -2.36. The summed E-state index contributed by atoms with van der Waals surface area (Å²) in [4.78, 5) is 28.2. The van der Waals surface area contributed by atoms with E-state index < -0.39 is 6.10 Å². The Hall–Kier alpha value is -1.51. The van der Waals surface area contributed by atoms with Gasteiger partial charge in [-0.3, -0.25) is 9.59 Å². The molecule has 2 amide bonds. The van der Waals surface area contributed by atoms with Gasteiger partial charge in [0.25, 0.3) is 5.91 Å². The maximum Gasteiger partial charge on any atom is 0.273 e. The topological polar surface area (TPSA) is 91.8 Å². The van der Waals surface area contributed by atoms with Crippen molar-refractivity contribution < 1.29 is 19.4 Å². The van der Waals surface area contributed by atoms with Crippen LogP contribution in [-0.4, -0.2) is 60.2 Å². The summed E-state index contributed by atoms with van der Waals surface area (Å²) >= 11 is 1.18. The number of hydrogen-bond acceptors (Lipinski definition) is 6. The van der Waals surface area contributed by atoms with Gasteiger partial charge in [0.15, 0.2) is 5.13 Å². The summed E-state index contributed by atoms with van der Waals surface area (Å²) in [6.45, 7) is 1.68. The van der Waals surface area contributed by atoms with Crippen molar-refractivity contribution in [1.82, 2.24) is 9.88 Å². The maximum absolute atomic E-state index is 12.0. The lowest BCUT2D eigenvalue weighted by Gasteiger charge is -2.19. The number of methoxy groups -OCH3 is 1. The molecule has 1 rings (SSSR count). The second kappa shape index (κ2) is 7.17. The highest BCUT2D eigenvalue weighted by molar-refractivity contribution is 7.14. The van der Waals surface area contributed by atoms with E-state index in [1.807, 2.05) is 0 Å². The van der Waals surface area contributed by atoms with E-state index in [1.165, 1.54) is 30.3 Å². The molecular formula is C11H17N3O4S. The van der Waals surface area contributed by atoms with E-state index in [-0.39, 0.29) is 30.7 Å². The standard InChI is InChI=1S/C11H17N3O4S/c1-7(15)12-11-13-9(6-19-11)10(17)14(2)4-8(16)5-18-3/h6,8,16H,4-5H2,1-3H3,(H,12,13,15). The Bertz CT molecular complexity index is 449. The smallest absolute Gasteiger partial charge is 0.273 e. The number of anilines is 1. The molecule has 1 aromatic heterocycles. The first-order valence-electron chi connectivity index (χ1n) is 5.59. The predicted octanol–water partition coefficient (Wildman–Crippen LogP) is 0.181. The Morgan fingerprint density at radius 3 is 2.89 bits per heavy atom. The summed E-state index contributed by atoms with van der Waals surface area (Å²) in [6, 6.07) is 0. The van der Waals surface area contributed by atoms with Crippen molar-refractivity contribution in [2.24, 2.45) is 0 Å². The molecule has 0 fully saturated rings. The second-order valence-electron chi connectivity index (χ2n) is 4.01. The number of aliphatic hydroxyl groups is 1. The van der Waals surface area contributed by atoms with Gasteiger partial charge in [-0.15, -0.1) is 11.3 Å². The quantitative estimate of drug-likeness (QED) is 0.779. The fourth-order valence-electron chi connectivity index (χ4n) is 1.42. The average molecular weight is 287 g/mol. The summed E-state index contributed by atoms with van der Waals surface area (Å²) < 4.78 is 4.79. The van der Waals surface area contributed by atoms with Crippen LogP contribution in [-0.2, 0) is 9.53 Å². The fourth-order valence-corrected chi connectivity index (χ4v) is 2.15. The van der Waals surface area contributed by atoms with Crippen LogP contribution < -0.4 is 5.32 Å². The highest BCUT2D eigenvalue weighted by Crippen LogP contribution is 2.16. The highest BCUT2D eigenvalue weighted by Gasteiger charge is 2.18. The number of carbonyl (C=O) groups excluding carboxylic acids is 2. The molecular weight excluding hydrogens is 270 g/mol. The average Bonchev–Trinajstić information content (AvgIpc) is 2.75. The number of nitrogens with one attached hydrogen (secondary N) is 1. The van der Waals surface area contributed by atoms with Crippen LogP contribution in [0, 0.1) is 0 Å². The van der Waals surface area contributed by atoms with Crippen molar-refractivity contribution in [3.63, 3.8) is 0 Å². The third-order valence-electron chi connectivity index (χ3n) is 2.20. The van der Waals surface area contributed by atoms with Gasteiger partial charge in [-0.1, -0.05) is 0 Å². The van der Waals surface area contributed by atoms with Crippen LogP contribution in [0.25, 0.3) is 0 Å². The molecule has 106 valence electrons. The first-order chi connectivity index (χ1) is 8.93. The van der Waals surface area contributed by atoms with Crippen molar-refractivity contribution in [3.05, 3.63) is 11.1 Å². The Morgan fingerprint density at radius 1 is 1.63 bits per heavy atom. The third kappa shape index (κ3) is 4.93. The van der Waals surface area contributed by atoms with E-state index in [0.29, 0.717) is 5.13 Å². The number of carbonyl (C=O) groups is 2. The van der Waals surface area contributed by atoms with Crippen LogP contribution in [0.1, 0.15) is 17.4 Å². The summed E-state index contributed by atoms with van der Waals surface area (Å²) in [5.41, 5.74) is 0.237. The zero-order chi connectivity index (χ0) is 14.4. The Labute approximate surface area is 115 Å². The molecule has 0 aliphatic carbocycles. The first kappa shape index (κ1) is 15.5. The van der Waals surface area contributed by atoms with Crippen LogP contribution >= 0.6 is 11.3 Å². The highest BCUT2D eigenvalue weighted by atomic mass is 32.1. The molecule has 0 saturated heterocycles. The number of aliphatic hydroxyl groups excluding tert-OH is 1. The van der Waals surface area contributed by atoms with Crippen molar-refractivity contribution in [2.75, 3.05) is 32.6 Å². The largest absolute Gasteiger partial charge is 0.389 e. The monoisotopic (exact) mass is 287 g/mol. The van der Waals surface area contributed by atoms with E-state index in [4.69, 9.17) is 4.74 Å². The van der Waals surface area contributed by atoms with Gasteiger partial charge < -0.3 is 20.1 Å². The summed E-state index contributed by atoms with van der Waals surface area (Å²) in [7, 11) is 3.05. The molecule has 0 aromatic carbocycles. The zero-order valence-electron chi connectivity index (χ0n) is 11.0. The Morgan fingerprint density at radius 2 is 2.32 bits per heavy atom. The molecule has 0 spiro atoms. The lowest BCUT2D eigenvalue weighted by molar-refractivity contribution is -0.114. The van der Waals surface area contributed by atoms with E-state index in [9.17, 15) is 14.7 Å². The van der Waals surface area contributed by atoms with Crippen LogP contribution in [0.2, 0.25) is 0 Å². The van der Waals surface area contributed by atoms with E-state index >= 15 is 0 Å². The van der Waals surface area contributed by atoms with E-state index in [0.717, 1.165) is 0 Å². The molecule has 8 heteroatoms. The van der Waals surface area contributed by atoms with Crippen molar-refractivity contribution in [2.45, 2.75) is 13.0 Å². The van der Waals surface area contributed by atoms with Crippen LogP contribution in [0.3, 0.4) is 0 Å². The zero-order valence-corrected chi connectivity index (χ0v) is 11.9. The SMILES string of the molecule is COCC(O)CN(C)C(=O)c1csc(NC(C)=O)n1. The lowest BCUT2D eigenvalue weighted by atomic mass is 10.3. The predicted molar refractivity (Wildman–Crippen MR) is 71.3 cm³/mol. The minimum atomic E-state index is -0.743. The summed E-state index contributed by atoms with van der Waals surface area (Å²) in [6.07, 6.45) is -0.743. The van der Waals surface area contributed by atoms with Gasteiger partial charge >= 0.3 is 0 Å². The van der Waals surface area contributed by atoms with Gasteiger partial charge in [-0.25, -0.2) is 4.98 Å². The molecule has 1 heterocycles. The number of likely N-dealkylation sites (N-methyl/N-ethyl adjacent to an activating group) is 1. The third-order valence-corrected chi connectivity index (χ3v) is 2.95. The number of amides is 2. The van der Waals surface area contributed by atoms with Crippen molar-refractivity contribution in [3.8, 4) is 0 Å². The van der Waals surface area contributed by atoms with Gasteiger partial charge in [0.05, 0.1) is 12.7 Å². The van der Waals surface area contributed by atoms with Gasteiger partial charge in [0.2, 0.25) is 5.91 Å². The molecule has 2 N–H and O–H groups in total. The molecule has 0 saturated carbocycles. The molecule has 7 nitrogen and oxygen atoms in total. The van der Waals surface area contributed by atoms with Gasteiger partial charge in [0.1, 0.15) is 5.69 Å². The number of ether oxygens (including phenoxy) is 1. The molecule has 1 atom stereocenters. The van der Waals surface area contributed by atoms with E-state index in [1.54, 1.807) is 12.4 Å². The van der Waals surface area contributed by atoms with Gasteiger partial charge in [-0.2, -0.15) is 0 Å². The Balaban J connectivity index is 2.61. The van der Waals surface area contributed by atoms with Crippen molar-refractivity contribution >= 4 is 28.3 Å². The number of thiazole rings is 1. The number of nitrogens with zero attached hydrogens (tertiary/aromatic N) is 2. The molecule has 0 bridgehead atoms. The molecule has 19 heavy (non-hydrogen) atoms. The summed E-state index contributed by atoms with van der Waals surface area (Å²) in [5, 5.41) is 14.0. The molecule has 1 aromatic rings. The number of rotatable bonds is 6. The first-order valence-corrected chi connectivity index (χ1v) is 6.47. The molecule has 1 unspecified atom stereocenters. The molecule has 0 aliphatic heterocycles. The van der Waals surface area contributed by atoms with E-state index in [2.05, 4.69) is 10.3 Å². The van der Waals surface area contributed by atoms with Crippen LogP contribution in [0.5, 0.6) is 0 Å². The van der Waals surface area contributed by atoms with Crippen molar-refractivity contribution in [1.29, 1.82) is 0 Å². The molecule has 0 aliphatic rings. The van der Waals surface area contributed by atoms with Gasteiger partial charge in [0, 0.05) is 33.0 Å². The normalized spacial score (nSPS) is 12.0. The summed E-state index contributed by atoms with van der Waals surface area (Å²) in [5.74, 6) is -0.555. The minimum absolute atomic E-state index is 0.152. The second-order valence-corrected chi connectivity index (χ2v) is 4.87. The molecule has 0 radical (unpaired) electrons. The maximum atomic E-state index is 12.0. The van der Waals surface area contributed by atoms with Crippen LogP contribution in [0.4, 0.5) is 5.13 Å².